The number of carbonyl (C=O) groups excluding carboxylic acids is 1. The van der Waals surface area contributed by atoms with E-state index in [-0.39, 0.29) is 5.91 Å². The van der Waals surface area contributed by atoms with Crippen molar-refractivity contribution in [3.05, 3.63) is 29.2 Å². The van der Waals surface area contributed by atoms with E-state index in [0.29, 0.717) is 4.88 Å². The molecule has 1 amide bonds. The molecule has 0 aliphatic carbocycles. The van der Waals surface area contributed by atoms with Gasteiger partial charge in [-0.2, -0.15) is 0 Å². The zero-order valence-corrected chi connectivity index (χ0v) is 15.7. The lowest BCUT2D eigenvalue weighted by Crippen LogP contribution is -2.49. The first-order valence-electron chi connectivity index (χ1n) is 8.05. The molecule has 1 aliphatic rings. The lowest BCUT2D eigenvalue weighted by atomic mass is 10.2. The van der Waals surface area contributed by atoms with Gasteiger partial charge in [0.25, 0.3) is 5.91 Å². The second-order valence-electron chi connectivity index (χ2n) is 6.73. The number of rotatable bonds is 3. The Morgan fingerprint density at radius 2 is 2.09 bits per heavy atom. The molecule has 3 heterocycles. The van der Waals surface area contributed by atoms with E-state index in [1.54, 1.807) is 18.6 Å². The van der Waals surface area contributed by atoms with E-state index in [1.807, 2.05) is 11.8 Å². The Morgan fingerprint density at radius 3 is 2.83 bits per heavy atom. The second-order valence-corrected chi connectivity index (χ2v) is 12.9. The lowest BCUT2D eigenvalue weighted by molar-refractivity contribution is 0.0777. The topological polar surface area (TPSA) is 59.0 Å². The first kappa shape index (κ1) is 16.3. The molecule has 0 radical (unpaired) electrons. The van der Waals surface area contributed by atoms with E-state index in [2.05, 4.69) is 28.0 Å². The lowest BCUT2D eigenvalue weighted by Gasteiger charge is -2.36. The van der Waals surface area contributed by atoms with Gasteiger partial charge in [-0.05, 0) is 12.8 Å². The number of aryl methyl sites for hydroxylation is 1. The van der Waals surface area contributed by atoms with Gasteiger partial charge in [0.05, 0.1) is 20.0 Å². The first-order chi connectivity index (χ1) is 11.0. The SMILES string of the molecule is CCc1nccnc1-c1ncc(C(=O)N2CCC[Si](C)(C)C2)s1. The fourth-order valence-electron chi connectivity index (χ4n) is 3.04. The fourth-order valence-corrected chi connectivity index (χ4v) is 6.55. The quantitative estimate of drug-likeness (QED) is 0.801. The molecule has 23 heavy (non-hydrogen) atoms. The Hall–Kier alpha value is -1.60. The largest absolute Gasteiger partial charge is 0.341 e. The third kappa shape index (κ3) is 3.50. The van der Waals surface area contributed by atoms with Gasteiger partial charge >= 0.3 is 0 Å². The molecule has 0 aromatic carbocycles. The number of carbonyl (C=O) groups is 1. The molecule has 0 spiro atoms. The molecule has 122 valence electrons. The van der Waals surface area contributed by atoms with Gasteiger partial charge in [-0.3, -0.25) is 14.8 Å². The van der Waals surface area contributed by atoms with Crippen LogP contribution in [0.25, 0.3) is 10.7 Å². The highest BCUT2D eigenvalue weighted by atomic mass is 32.1. The number of nitrogens with zero attached hydrogens (tertiary/aromatic N) is 4. The van der Waals surface area contributed by atoms with Crippen molar-refractivity contribution in [2.75, 3.05) is 12.7 Å². The molecule has 2 aromatic heterocycles. The van der Waals surface area contributed by atoms with E-state index in [4.69, 9.17) is 0 Å². The molecule has 2 aromatic rings. The van der Waals surface area contributed by atoms with Gasteiger partial charge < -0.3 is 4.90 Å². The molecule has 1 fully saturated rings. The van der Waals surface area contributed by atoms with Crippen LogP contribution < -0.4 is 0 Å². The van der Waals surface area contributed by atoms with Crippen molar-refractivity contribution in [1.82, 2.24) is 19.9 Å². The van der Waals surface area contributed by atoms with E-state index in [9.17, 15) is 4.79 Å². The maximum Gasteiger partial charge on any atom is 0.265 e. The summed E-state index contributed by atoms with van der Waals surface area (Å²) >= 11 is 1.43. The van der Waals surface area contributed by atoms with Crippen LogP contribution in [0.3, 0.4) is 0 Å². The molecule has 1 aliphatic heterocycles. The minimum absolute atomic E-state index is 0.121. The fraction of sp³-hybridized carbons (Fsp3) is 0.500. The molecule has 0 atom stereocenters. The van der Waals surface area contributed by atoms with Gasteiger partial charge in [0.2, 0.25) is 0 Å². The number of thiazole rings is 1. The van der Waals surface area contributed by atoms with E-state index in [1.165, 1.54) is 17.4 Å². The molecule has 3 rings (SSSR count). The van der Waals surface area contributed by atoms with E-state index >= 15 is 0 Å². The van der Waals surface area contributed by atoms with Gasteiger partial charge in [0, 0.05) is 25.1 Å². The monoisotopic (exact) mass is 346 g/mol. The summed E-state index contributed by atoms with van der Waals surface area (Å²) in [6.07, 6.45) is 7.95. The Morgan fingerprint density at radius 1 is 1.30 bits per heavy atom. The van der Waals surface area contributed by atoms with Crippen molar-refractivity contribution in [2.24, 2.45) is 0 Å². The van der Waals surface area contributed by atoms with E-state index in [0.717, 1.165) is 41.9 Å². The molecule has 0 N–H and O–H groups in total. The summed E-state index contributed by atoms with van der Waals surface area (Å²) in [7, 11) is -1.25. The smallest absolute Gasteiger partial charge is 0.265 e. The van der Waals surface area contributed by atoms with Crippen LogP contribution in [0.2, 0.25) is 19.1 Å². The molecule has 1 saturated heterocycles. The normalized spacial score (nSPS) is 17.3. The molecule has 0 saturated carbocycles. The van der Waals surface area contributed by atoms with Crippen LogP contribution in [0.5, 0.6) is 0 Å². The van der Waals surface area contributed by atoms with Gasteiger partial charge in [-0.15, -0.1) is 11.3 Å². The predicted molar refractivity (Wildman–Crippen MR) is 95.3 cm³/mol. The van der Waals surface area contributed by atoms with E-state index < -0.39 is 8.07 Å². The van der Waals surface area contributed by atoms with Crippen LogP contribution in [-0.4, -0.2) is 46.5 Å². The summed E-state index contributed by atoms with van der Waals surface area (Å²) in [5, 5.41) is 0.784. The van der Waals surface area contributed by atoms with Gasteiger partial charge in [0.15, 0.2) is 0 Å². The Bertz CT molecular complexity index is 716. The molecule has 0 bridgehead atoms. The van der Waals surface area contributed by atoms with Crippen molar-refractivity contribution < 1.29 is 4.79 Å². The summed E-state index contributed by atoms with van der Waals surface area (Å²) in [5.74, 6) is 0.121. The summed E-state index contributed by atoms with van der Waals surface area (Å²) in [5.41, 5.74) is 1.72. The zero-order chi connectivity index (χ0) is 16.4. The highest BCUT2D eigenvalue weighted by Gasteiger charge is 2.32. The van der Waals surface area contributed by atoms with Crippen LogP contribution in [0.15, 0.2) is 18.6 Å². The summed E-state index contributed by atoms with van der Waals surface area (Å²) in [6.45, 7) is 7.64. The maximum absolute atomic E-state index is 12.8. The Balaban J connectivity index is 1.83. The molecular formula is C16H22N4OSSi. The Kier molecular flexibility index (Phi) is 4.59. The van der Waals surface area contributed by atoms with Crippen LogP contribution >= 0.6 is 11.3 Å². The van der Waals surface area contributed by atoms with Crippen LogP contribution in [0.1, 0.15) is 28.7 Å². The zero-order valence-electron chi connectivity index (χ0n) is 13.9. The average Bonchev–Trinajstić information content (AvgIpc) is 3.03. The highest BCUT2D eigenvalue weighted by molar-refractivity contribution is 7.16. The van der Waals surface area contributed by atoms with Crippen LogP contribution in [-0.2, 0) is 6.42 Å². The molecule has 7 heteroatoms. The van der Waals surface area contributed by atoms with Gasteiger partial charge in [-0.1, -0.05) is 26.1 Å². The van der Waals surface area contributed by atoms with Crippen molar-refractivity contribution in [2.45, 2.75) is 38.9 Å². The van der Waals surface area contributed by atoms with Crippen molar-refractivity contribution in [1.29, 1.82) is 0 Å². The molecular weight excluding hydrogens is 324 g/mol. The number of hydrogen-bond donors (Lipinski definition) is 0. The minimum Gasteiger partial charge on any atom is -0.341 e. The number of aromatic nitrogens is 3. The highest BCUT2D eigenvalue weighted by Crippen LogP contribution is 2.28. The Labute approximate surface area is 141 Å². The number of amides is 1. The maximum atomic E-state index is 12.8. The van der Waals surface area contributed by atoms with Crippen molar-refractivity contribution in [3.63, 3.8) is 0 Å². The second kappa shape index (κ2) is 6.49. The summed E-state index contributed by atoms with van der Waals surface area (Å²) < 4.78 is 0. The standard InChI is InChI=1S/C16H22N4OSSi/c1-4-12-14(18-7-6-17-12)15-19-10-13(22-15)16(21)20-8-5-9-23(2,3)11-20/h6-7,10H,4-5,8-9,11H2,1-3H3. The predicted octanol–water partition coefficient (Wildman–Crippen LogP) is 3.26. The first-order valence-corrected chi connectivity index (χ1v) is 12.3. The van der Waals surface area contributed by atoms with Crippen LogP contribution in [0.4, 0.5) is 0 Å². The summed E-state index contributed by atoms with van der Waals surface area (Å²) in [6, 6.07) is 1.31. The third-order valence-corrected chi connectivity index (χ3v) is 8.15. The van der Waals surface area contributed by atoms with Crippen molar-refractivity contribution in [3.8, 4) is 10.7 Å². The summed E-state index contributed by atoms with van der Waals surface area (Å²) in [4.78, 5) is 28.7. The number of hydrogen-bond acceptors (Lipinski definition) is 5. The van der Waals surface area contributed by atoms with Crippen molar-refractivity contribution >= 4 is 25.3 Å². The molecule has 0 unspecified atom stereocenters. The average molecular weight is 347 g/mol. The minimum atomic E-state index is -1.25. The van der Waals surface area contributed by atoms with Gasteiger partial charge in [0.1, 0.15) is 15.6 Å². The van der Waals surface area contributed by atoms with Crippen LogP contribution in [0, 0.1) is 0 Å². The molecule has 5 nitrogen and oxygen atoms in total. The van der Waals surface area contributed by atoms with Gasteiger partial charge in [-0.25, -0.2) is 4.98 Å². The third-order valence-electron chi connectivity index (χ3n) is 4.22.